The van der Waals surface area contributed by atoms with Gasteiger partial charge in [0, 0.05) is 6.07 Å². The number of amidine groups is 1. The molecule has 0 N–H and O–H groups in total. The summed E-state index contributed by atoms with van der Waals surface area (Å²) in [5, 5.41) is 11.8. The number of benzene rings is 1. The van der Waals surface area contributed by atoms with Crippen molar-refractivity contribution in [2.75, 3.05) is 13.2 Å². The molecule has 1 unspecified atom stereocenters. The largest absolute Gasteiger partial charge is 0.462 e. The zero-order chi connectivity index (χ0) is 24.7. The van der Waals surface area contributed by atoms with Crippen molar-refractivity contribution in [3.63, 3.8) is 0 Å². The summed E-state index contributed by atoms with van der Waals surface area (Å²) in [4.78, 5) is 43.3. The molecule has 1 saturated carbocycles. The molecule has 2 aliphatic rings. The van der Waals surface area contributed by atoms with E-state index < -0.39 is 23.0 Å². The van der Waals surface area contributed by atoms with Crippen molar-refractivity contribution in [3.05, 3.63) is 51.2 Å². The van der Waals surface area contributed by atoms with Gasteiger partial charge in [-0.3, -0.25) is 15.0 Å². The predicted octanol–water partition coefficient (Wildman–Crippen LogP) is 5.70. The number of hydrogen-bond acceptors (Lipinski definition) is 7. The summed E-state index contributed by atoms with van der Waals surface area (Å²) in [5.41, 5.74) is 0.490. The molecule has 0 radical (unpaired) electrons. The molecule has 0 saturated heterocycles. The number of amides is 1. The van der Waals surface area contributed by atoms with Crippen LogP contribution in [0.25, 0.3) is 0 Å². The average molecular weight is 472 g/mol. The molecule has 1 amide bonds. The number of hydrogen-bond donors (Lipinski definition) is 0. The summed E-state index contributed by atoms with van der Waals surface area (Å²) in [6, 6.07) is 5.03. The second-order valence-electron chi connectivity index (χ2n) is 8.82. The highest BCUT2D eigenvalue weighted by Crippen LogP contribution is 2.40. The number of esters is 1. The lowest BCUT2D eigenvalue weighted by atomic mass is 9.92. The molecule has 1 atom stereocenters. The number of nitrogens with zero attached hydrogens (tertiary/aromatic N) is 3. The molecule has 3 rings (SSSR count). The Balaban J connectivity index is 1.91. The molecule has 184 valence electrons. The molecule has 34 heavy (non-hydrogen) atoms. The Kier molecular flexibility index (Phi) is 8.79. The van der Waals surface area contributed by atoms with E-state index in [0.717, 1.165) is 44.9 Å². The van der Waals surface area contributed by atoms with Crippen LogP contribution in [-0.2, 0) is 14.3 Å². The summed E-state index contributed by atoms with van der Waals surface area (Å²) < 4.78 is 11.0. The summed E-state index contributed by atoms with van der Waals surface area (Å²) >= 11 is 0. The highest BCUT2D eigenvalue weighted by Gasteiger charge is 2.42. The van der Waals surface area contributed by atoms with Gasteiger partial charge in [-0.25, -0.2) is 14.6 Å². The maximum Gasteiger partial charge on any atom is 0.416 e. The number of nitro benzene ring substituents is 1. The van der Waals surface area contributed by atoms with Crippen molar-refractivity contribution in [2.45, 2.75) is 71.8 Å². The standard InChI is InChI=1S/C25H33N3O6/c1-4-5-6-7-10-15-33-25(30)27-18(3)26-17(2)22(24(29)34-16-19-13-14-19)23(27)20-11-8-9-12-21(20)28(31)32/h8-9,11-12,19,23H,4-7,10,13-16H2,1-3H3. The number of para-hydroxylation sites is 1. The second kappa shape index (κ2) is 11.8. The first kappa shape index (κ1) is 25.4. The number of aliphatic imine (C=N–C) groups is 1. The van der Waals surface area contributed by atoms with Crippen LogP contribution in [-0.4, -0.2) is 40.9 Å². The maximum atomic E-state index is 13.2. The van der Waals surface area contributed by atoms with Crippen LogP contribution in [0.2, 0.25) is 0 Å². The molecule has 1 aromatic rings. The molecular formula is C25H33N3O6. The third-order valence-corrected chi connectivity index (χ3v) is 6.06. The van der Waals surface area contributed by atoms with Crippen LogP contribution in [0.3, 0.4) is 0 Å². The first-order chi connectivity index (χ1) is 16.3. The van der Waals surface area contributed by atoms with Crippen molar-refractivity contribution < 1.29 is 24.0 Å². The first-order valence-electron chi connectivity index (χ1n) is 12.0. The minimum absolute atomic E-state index is 0.112. The summed E-state index contributed by atoms with van der Waals surface area (Å²) in [7, 11) is 0. The number of nitro groups is 1. The van der Waals surface area contributed by atoms with E-state index in [9.17, 15) is 19.7 Å². The van der Waals surface area contributed by atoms with Crippen LogP contribution in [0.15, 0.2) is 40.5 Å². The molecule has 1 fully saturated rings. The van der Waals surface area contributed by atoms with Gasteiger partial charge < -0.3 is 9.47 Å². The highest BCUT2D eigenvalue weighted by molar-refractivity contribution is 6.01. The lowest BCUT2D eigenvalue weighted by molar-refractivity contribution is -0.385. The van der Waals surface area contributed by atoms with E-state index in [-0.39, 0.29) is 30.0 Å². The third-order valence-electron chi connectivity index (χ3n) is 6.06. The Morgan fingerprint density at radius 3 is 2.50 bits per heavy atom. The highest BCUT2D eigenvalue weighted by atomic mass is 16.6. The smallest absolute Gasteiger partial charge is 0.416 e. The Morgan fingerprint density at radius 2 is 1.82 bits per heavy atom. The summed E-state index contributed by atoms with van der Waals surface area (Å²) in [5.74, 6) is 0.0218. The molecule has 0 aromatic heterocycles. The fourth-order valence-corrected chi connectivity index (χ4v) is 4.04. The number of carbonyl (C=O) groups is 2. The first-order valence-corrected chi connectivity index (χ1v) is 12.0. The predicted molar refractivity (Wildman–Crippen MR) is 127 cm³/mol. The van der Waals surface area contributed by atoms with E-state index in [4.69, 9.17) is 9.47 Å². The van der Waals surface area contributed by atoms with Crippen molar-refractivity contribution in [3.8, 4) is 0 Å². The van der Waals surface area contributed by atoms with Gasteiger partial charge in [0.15, 0.2) is 0 Å². The van der Waals surface area contributed by atoms with E-state index in [0.29, 0.717) is 17.5 Å². The van der Waals surface area contributed by atoms with Crippen LogP contribution >= 0.6 is 0 Å². The average Bonchev–Trinajstić information content (AvgIpc) is 3.63. The molecule has 1 heterocycles. The molecule has 0 bridgehead atoms. The number of allylic oxidation sites excluding steroid dienone is 1. The van der Waals surface area contributed by atoms with E-state index >= 15 is 0 Å². The Bertz CT molecular complexity index is 983. The van der Waals surface area contributed by atoms with E-state index in [2.05, 4.69) is 11.9 Å². The minimum Gasteiger partial charge on any atom is -0.462 e. The lowest BCUT2D eigenvalue weighted by Crippen LogP contribution is -2.44. The molecule has 1 aliphatic heterocycles. The van der Waals surface area contributed by atoms with Gasteiger partial charge in [-0.05, 0) is 45.1 Å². The van der Waals surface area contributed by atoms with Crippen molar-refractivity contribution in [1.82, 2.24) is 4.90 Å². The zero-order valence-electron chi connectivity index (χ0n) is 20.1. The monoisotopic (exact) mass is 471 g/mol. The van der Waals surface area contributed by atoms with Gasteiger partial charge in [0.2, 0.25) is 0 Å². The molecule has 1 aliphatic carbocycles. The quantitative estimate of drug-likeness (QED) is 0.177. The van der Waals surface area contributed by atoms with E-state index in [1.807, 2.05) is 0 Å². The van der Waals surface area contributed by atoms with Gasteiger partial charge in [-0.1, -0.05) is 44.7 Å². The van der Waals surface area contributed by atoms with Gasteiger partial charge in [-0.15, -0.1) is 0 Å². The SMILES string of the molecule is CCCCCCCOC(=O)N1C(C)=NC(C)=C(C(=O)OCC2CC2)C1c1ccccc1[N+](=O)[O-]. The van der Waals surface area contributed by atoms with Crippen molar-refractivity contribution in [1.29, 1.82) is 0 Å². The van der Waals surface area contributed by atoms with Crippen LogP contribution in [0, 0.1) is 16.0 Å². The van der Waals surface area contributed by atoms with Crippen LogP contribution in [0.4, 0.5) is 10.5 Å². The number of ether oxygens (including phenoxy) is 2. The number of unbranched alkanes of at least 4 members (excludes halogenated alkanes) is 4. The molecule has 1 aromatic carbocycles. The van der Waals surface area contributed by atoms with Crippen LogP contribution in [0.1, 0.15) is 77.3 Å². The normalized spacial score (nSPS) is 17.9. The molecule has 9 nitrogen and oxygen atoms in total. The Morgan fingerprint density at radius 1 is 1.12 bits per heavy atom. The second-order valence-corrected chi connectivity index (χ2v) is 8.82. The van der Waals surface area contributed by atoms with Crippen LogP contribution in [0.5, 0.6) is 0 Å². The number of rotatable bonds is 11. The lowest BCUT2D eigenvalue weighted by Gasteiger charge is -2.35. The van der Waals surface area contributed by atoms with Gasteiger partial charge in [-0.2, -0.15) is 0 Å². The van der Waals surface area contributed by atoms with Gasteiger partial charge in [0.25, 0.3) is 5.69 Å². The summed E-state index contributed by atoms with van der Waals surface area (Å²) in [6.45, 7) is 5.91. The maximum absolute atomic E-state index is 13.2. The van der Waals surface area contributed by atoms with Gasteiger partial charge in [0.05, 0.1) is 35.0 Å². The van der Waals surface area contributed by atoms with Gasteiger partial charge in [0.1, 0.15) is 11.9 Å². The van der Waals surface area contributed by atoms with Crippen LogP contribution < -0.4 is 0 Å². The van der Waals surface area contributed by atoms with E-state index in [1.165, 1.54) is 11.0 Å². The van der Waals surface area contributed by atoms with E-state index in [1.54, 1.807) is 32.0 Å². The molecule has 9 heteroatoms. The van der Waals surface area contributed by atoms with Crippen molar-refractivity contribution >= 4 is 23.6 Å². The third kappa shape index (κ3) is 6.21. The fraction of sp³-hybridized carbons (Fsp3) is 0.560. The van der Waals surface area contributed by atoms with Gasteiger partial charge >= 0.3 is 12.1 Å². The Labute approximate surface area is 200 Å². The minimum atomic E-state index is -1.07. The fourth-order valence-electron chi connectivity index (χ4n) is 4.04. The number of carbonyl (C=O) groups excluding carboxylic acids is 2. The molecule has 0 spiro atoms. The zero-order valence-corrected chi connectivity index (χ0v) is 20.1. The topological polar surface area (TPSA) is 111 Å². The van der Waals surface area contributed by atoms with Crippen molar-refractivity contribution in [2.24, 2.45) is 10.9 Å². The Hall–Kier alpha value is -3.23. The molecular weight excluding hydrogens is 438 g/mol. The summed E-state index contributed by atoms with van der Waals surface area (Å²) in [6.07, 6.45) is 6.29.